The summed E-state index contributed by atoms with van der Waals surface area (Å²) in [7, 11) is 0. The number of amides is 1. The van der Waals surface area contributed by atoms with Crippen LogP contribution >= 0.6 is 0 Å². The Labute approximate surface area is 96.4 Å². The molecule has 1 rings (SSSR count). The van der Waals surface area contributed by atoms with Crippen LogP contribution in [-0.2, 0) is 9.59 Å². The van der Waals surface area contributed by atoms with Crippen molar-refractivity contribution in [3.63, 3.8) is 0 Å². The van der Waals surface area contributed by atoms with Gasteiger partial charge in [-0.1, -0.05) is 6.42 Å². The highest BCUT2D eigenvalue weighted by molar-refractivity contribution is 5.80. The molecule has 2 unspecified atom stereocenters. The molecule has 0 aliphatic heterocycles. The fourth-order valence-electron chi connectivity index (χ4n) is 2.12. The number of aliphatic carboxylic acids is 1. The van der Waals surface area contributed by atoms with E-state index < -0.39 is 5.97 Å². The van der Waals surface area contributed by atoms with Gasteiger partial charge in [-0.2, -0.15) is 0 Å². The van der Waals surface area contributed by atoms with Crippen molar-refractivity contribution in [3.05, 3.63) is 0 Å². The summed E-state index contributed by atoms with van der Waals surface area (Å²) in [5.74, 6) is -1.25. The molecule has 0 saturated heterocycles. The number of carbonyl (C=O) groups excluding carboxylic acids is 1. The van der Waals surface area contributed by atoms with Crippen LogP contribution in [0.1, 0.15) is 46.5 Å². The second kappa shape index (κ2) is 4.85. The Balaban J connectivity index is 2.54. The largest absolute Gasteiger partial charge is 0.481 e. The summed E-state index contributed by atoms with van der Waals surface area (Å²) in [4.78, 5) is 22.8. The van der Waals surface area contributed by atoms with Crippen molar-refractivity contribution in [3.8, 4) is 0 Å². The Morgan fingerprint density at radius 1 is 1.19 bits per heavy atom. The first-order valence-electron chi connectivity index (χ1n) is 5.84. The lowest BCUT2D eigenvalue weighted by Crippen LogP contribution is -2.45. The van der Waals surface area contributed by atoms with Gasteiger partial charge in [0.2, 0.25) is 5.91 Å². The van der Waals surface area contributed by atoms with Crippen LogP contribution in [0.4, 0.5) is 0 Å². The molecule has 1 aliphatic rings. The van der Waals surface area contributed by atoms with Gasteiger partial charge in [-0.15, -0.1) is 0 Å². The zero-order valence-electron chi connectivity index (χ0n) is 10.2. The highest BCUT2D eigenvalue weighted by Gasteiger charge is 2.32. The van der Waals surface area contributed by atoms with Crippen molar-refractivity contribution >= 4 is 11.9 Å². The molecule has 2 N–H and O–H groups in total. The second-order valence-electron chi connectivity index (χ2n) is 5.64. The van der Waals surface area contributed by atoms with Crippen LogP contribution in [0.3, 0.4) is 0 Å². The lowest BCUT2D eigenvalue weighted by Gasteiger charge is -2.29. The van der Waals surface area contributed by atoms with Gasteiger partial charge in [0, 0.05) is 11.5 Å². The summed E-state index contributed by atoms with van der Waals surface area (Å²) < 4.78 is 0. The van der Waals surface area contributed by atoms with E-state index in [9.17, 15) is 9.59 Å². The zero-order valence-corrected chi connectivity index (χ0v) is 10.2. The third-order valence-electron chi connectivity index (χ3n) is 2.89. The summed E-state index contributed by atoms with van der Waals surface area (Å²) in [6.45, 7) is 5.80. The zero-order chi connectivity index (χ0) is 12.3. The van der Waals surface area contributed by atoms with E-state index in [1.807, 2.05) is 20.8 Å². The normalized spacial score (nSPS) is 26.2. The number of carboxylic acids is 1. The number of hydrogen-bond donors (Lipinski definition) is 2. The lowest BCUT2D eigenvalue weighted by molar-refractivity contribution is -0.144. The van der Waals surface area contributed by atoms with Gasteiger partial charge in [0.25, 0.3) is 0 Å². The molecule has 16 heavy (non-hydrogen) atoms. The SMILES string of the molecule is CC(C)(C)NC(=O)C1CCCC(C(=O)O)C1. The molecule has 0 aromatic heterocycles. The Bertz CT molecular complexity index is 280. The molecule has 0 aromatic carbocycles. The first-order chi connectivity index (χ1) is 7.29. The van der Waals surface area contributed by atoms with Gasteiger partial charge in [-0.05, 0) is 40.0 Å². The van der Waals surface area contributed by atoms with Crippen molar-refractivity contribution in [2.24, 2.45) is 11.8 Å². The molecular weight excluding hydrogens is 206 g/mol. The maximum absolute atomic E-state index is 11.9. The van der Waals surface area contributed by atoms with Crippen molar-refractivity contribution in [2.75, 3.05) is 0 Å². The van der Waals surface area contributed by atoms with E-state index >= 15 is 0 Å². The molecule has 4 nitrogen and oxygen atoms in total. The van der Waals surface area contributed by atoms with Gasteiger partial charge in [-0.25, -0.2) is 0 Å². The highest BCUT2D eigenvalue weighted by Crippen LogP contribution is 2.29. The van der Waals surface area contributed by atoms with E-state index in [2.05, 4.69) is 5.32 Å². The van der Waals surface area contributed by atoms with Crippen molar-refractivity contribution in [1.29, 1.82) is 0 Å². The summed E-state index contributed by atoms with van der Waals surface area (Å²) in [6, 6.07) is 0. The Hall–Kier alpha value is -1.06. The number of rotatable bonds is 2. The molecule has 0 aromatic rings. The first kappa shape index (κ1) is 13.0. The fraction of sp³-hybridized carbons (Fsp3) is 0.833. The molecule has 0 spiro atoms. The van der Waals surface area contributed by atoms with E-state index in [-0.39, 0.29) is 23.3 Å². The Morgan fingerprint density at radius 2 is 1.75 bits per heavy atom. The molecule has 1 saturated carbocycles. The average Bonchev–Trinajstić information content (AvgIpc) is 2.15. The minimum absolute atomic E-state index is 0.00144. The van der Waals surface area contributed by atoms with E-state index in [4.69, 9.17) is 5.11 Å². The molecule has 1 amide bonds. The monoisotopic (exact) mass is 227 g/mol. The van der Waals surface area contributed by atoms with Crippen LogP contribution in [0.25, 0.3) is 0 Å². The average molecular weight is 227 g/mol. The minimum Gasteiger partial charge on any atom is -0.481 e. The Morgan fingerprint density at radius 3 is 2.25 bits per heavy atom. The smallest absolute Gasteiger partial charge is 0.306 e. The molecule has 1 aliphatic carbocycles. The van der Waals surface area contributed by atoms with Crippen LogP contribution in [0, 0.1) is 11.8 Å². The second-order valence-corrected chi connectivity index (χ2v) is 5.64. The van der Waals surface area contributed by atoms with Crippen molar-refractivity contribution in [1.82, 2.24) is 5.32 Å². The van der Waals surface area contributed by atoms with Crippen LogP contribution in [0.15, 0.2) is 0 Å². The molecular formula is C12H21NO3. The number of nitrogens with one attached hydrogen (secondary N) is 1. The van der Waals surface area contributed by atoms with Crippen molar-refractivity contribution in [2.45, 2.75) is 52.0 Å². The van der Waals surface area contributed by atoms with Crippen LogP contribution in [0.5, 0.6) is 0 Å². The minimum atomic E-state index is -0.770. The fourth-order valence-corrected chi connectivity index (χ4v) is 2.12. The van der Waals surface area contributed by atoms with E-state index in [0.29, 0.717) is 12.8 Å². The van der Waals surface area contributed by atoms with Gasteiger partial charge in [0.1, 0.15) is 0 Å². The van der Waals surface area contributed by atoms with E-state index in [0.717, 1.165) is 12.8 Å². The van der Waals surface area contributed by atoms with E-state index in [1.54, 1.807) is 0 Å². The van der Waals surface area contributed by atoms with Gasteiger partial charge >= 0.3 is 5.97 Å². The molecule has 0 heterocycles. The number of hydrogen-bond acceptors (Lipinski definition) is 2. The van der Waals surface area contributed by atoms with E-state index in [1.165, 1.54) is 0 Å². The highest BCUT2D eigenvalue weighted by atomic mass is 16.4. The van der Waals surface area contributed by atoms with Crippen LogP contribution in [0.2, 0.25) is 0 Å². The van der Waals surface area contributed by atoms with Gasteiger partial charge in [0.05, 0.1) is 5.92 Å². The lowest BCUT2D eigenvalue weighted by atomic mass is 9.80. The maximum atomic E-state index is 11.9. The number of carbonyl (C=O) groups is 2. The molecule has 0 radical (unpaired) electrons. The predicted molar refractivity (Wildman–Crippen MR) is 61.0 cm³/mol. The molecule has 0 bridgehead atoms. The summed E-state index contributed by atoms with van der Waals surface area (Å²) in [5, 5.41) is 11.9. The standard InChI is InChI=1S/C12H21NO3/c1-12(2,3)13-10(14)8-5-4-6-9(7-8)11(15)16/h8-9H,4-7H2,1-3H3,(H,13,14)(H,15,16). The molecule has 92 valence electrons. The first-order valence-corrected chi connectivity index (χ1v) is 5.84. The van der Waals surface area contributed by atoms with Crippen molar-refractivity contribution < 1.29 is 14.7 Å². The Kier molecular flexibility index (Phi) is 3.94. The molecule has 1 fully saturated rings. The van der Waals surface area contributed by atoms with Gasteiger partial charge < -0.3 is 10.4 Å². The summed E-state index contributed by atoms with van der Waals surface area (Å²) in [6.07, 6.45) is 2.83. The third kappa shape index (κ3) is 3.83. The molecule has 2 atom stereocenters. The van der Waals surface area contributed by atoms with Crippen LogP contribution < -0.4 is 5.32 Å². The van der Waals surface area contributed by atoms with Gasteiger partial charge in [-0.3, -0.25) is 9.59 Å². The maximum Gasteiger partial charge on any atom is 0.306 e. The summed E-state index contributed by atoms with van der Waals surface area (Å²) in [5.41, 5.74) is -0.243. The van der Waals surface area contributed by atoms with Gasteiger partial charge in [0.15, 0.2) is 0 Å². The summed E-state index contributed by atoms with van der Waals surface area (Å²) >= 11 is 0. The topological polar surface area (TPSA) is 66.4 Å². The third-order valence-corrected chi connectivity index (χ3v) is 2.89. The van der Waals surface area contributed by atoms with Crippen LogP contribution in [-0.4, -0.2) is 22.5 Å². The quantitative estimate of drug-likeness (QED) is 0.755. The predicted octanol–water partition coefficient (Wildman–Crippen LogP) is 1.79. The number of carboxylic acid groups (broad SMARTS) is 1. The molecule has 4 heteroatoms.